The first-order valence-corrected chi connectivity index (χ1v) is 10.0. The predicted octanol–water partition coefficient (Wildman–Crippen LogP) is 4.93. The first kappa shape index (κ1) is 18.9. The Labute approximate surface area is 171 Å². The van der Waals surface area contributed by atoms with E-state index in [1.165, 1.54) is 23.5 Å². The Morgan fingerprint density at radius 2 is 1.64 bits per heavy atom. The number of morpholine rings is 1. The lowest BCUT2D eigenvalue weighted by Gasteiger charge is -2.27. The van der Waals surface area contributed by atoms with Crippen molar-refractivity contribution in [2.45, 2.75) is 0 Å². The number of benzene rings is 2. The molecule has 1 fully saturated rings. The number of carbonyl (C=O) groups excluding carboxylic acids is 1. The Hall–Kier alpha value is -2.41. The van der Waals surface area contributed by atoms with Crippen molar-refractivity contribution in [1.29, 1.82) is 0 Å². The van der Waals surface area contributed by atoms with Gasteiger partial charge in [-0.1, -0.05) is 35.9 Å². The predicted molar refractivity (Wildman–Crippen MR) is 111 cm³/mol. The normalized spacial score (nSPS) is 14.3. The maximum Gasteiger partial charge on any atom is 0.257 e. The summed E-state index contributed by atoms with van der Waals surface area (Å²) in [6, 6.07) is 13.5. The molecule has 0 radical (unpaired) electrons. The van der Waals surface area contributed by atoms with E-state index in [9.17, 15) is 9.18 Å². The molecule has 0 spiro atoms. The van der Waals surface area contributed by atoms with Crippen LogP contribution in [0.2, 0.25) is 5.02 Å². The molecule has 2 aromatic carbocycles. The van der Waals surface area contributed by atoms with Gasteiger partial charge in [0.15, 0.2) is 0 Å². The van der Waals surface area contributed by atoms with Crippen LogP contribution in [-0.4, -0.2) is 37.1 Å². The summed E-state index contributed by atoms with van der Waals surface area (Å²) in [5.41, 5.74) is 9.21. The van der Waals surface area contributed by atoms with Gasteiger partial charge in [0, 0.05) is 28.6 Å². The van der Waals surface area contributed by atoms with Gasteiger partial charge in [0.2, 0.25) is 0 Å². The van der Waals surface area contributed by atoms with Gasteiger partial charge < -0.3 is 15.4 Å². The number of hydrogen-bond acceptors (Lipinski definition) is 4. The van der Waals surface area contributed by atoms with Crippen molar-refractivity contribution in [2.24, 2.45) is 0 Å². The van der Waals surface area contributed by atoms with Gasteiger partial charge in [-0.3, -0.25) is 4.79 Å². The lowest BCUT2D eigenvalue weighted by Crippen LogP contribution is -2.40. The number of nitrogens with zero attached hydrogens (tertiary/aromatic N) is 1. The number of amides is 1. The van der Waals surface area contributed by atoms with E-state index in [4.69, 9.17) is 22.1 Å². The Morgan fingerprint density at radius 1 is 1.04 bits per heavy atom. The SMILES string of the molecule is Nc1sc(-c2ccc(F)cc2)c(-c2ccc(Cl)cc2)c1C(=O)N1CCOCC1. The van der Waals surface area contributed by atoms with Crippen molar-refractivity contribution >= 4 is 33.8 Å². The molecule has 4 nitrogen and oxygen atoms in total. The van der Waals surface area contributed by atoms with Crippen LogP contribution in [0.25, 0.3) is 21.6 Å². The van der Waals surface area contributed by atoms with Crippen LogP contribution in [-0.2, 0) is 4.74 Å². The van der Waals surface area contributed by atoms with E-state index in [1.54, 1.807) is 29.2 Å². The monoisotopic (exact) mass is 416 g/mol. The fourth-order valence-electron chi connectivity index (χ4n) is 3.28. The Bertz CT molecular complexity index is 996. The molecule has 2 heterocycles. The van der Waals surface area contributed by atoms with Crippen molar-refractivity contribution in [3.63, 3.8) is 0 Å². The first-order valence-electron chi connectivity index (χ1n) is 8.86. The van der Waals surface area contributed by atoms with Gasteiger partial charge >= 0.3 is 0 Å². The van der Waals surface area contributed by atoms with Crippen LogP contribution >= 0.6 is 22.9 Å². The fourth-order valence-corrected chi connectivity index (χ4v) is 4.50. The first-order chi connectivity index (χ1) is 13.5. The molecule has 0 atom stereocenters. The Kier molecular flexibility index (Phi) is 5.35. The zero-order valence-electron chi connectivity index (χ0n) is 15.0. The second kappa shape index (κ2) is 7.91. The summed E-state index contributed by atoms with van der Waals surface area (Å²) < 4.78 is 18.8. The van der Waals surface area contributed by atoms with Gasteiger partial charge in [0.1, 0.15) is 5.82 Å². The average molecular weight is 417 g/mol. The third kappa shape index (κ3) is 3.63. The molecular weight excluding hydrogens is 399 g/mol. The Morgan fingerprint density at radius 3 is 2.29 bits per heavy atom. The summed E-state index contributed by atoms with van der Waals surface area (Å²) in [6.07, 6.45) is 0. The number of nitrogens with two attached hydrogens (primary N) is 1. The summed E-state index contributed by atoms with van der Waals surface area (Å²) in [5, 5.41) is 1.05. The molecule has 3 aromatic rings. The van der Waals surface area contributed by atoms with Gasteiger partial charge in [-0.25, -0.2) is 4.39 Å². The van der Waals surface area contributed by atoms with Crippen LogP contribution in [0, 0.1) is 5.82 Å². The van der Waals surface area contributed by atoms with Crippen LogP contribution in [0.15, 0.2) is 48.5 Å². The lowest BCUT2D eigenvalue weighted by atomic mass is 9.97. The third-order valence-corrected chi connectivity index (χ3v) is 6.01. The summed E-state index contributed by atoms with van der Waals surface area (Å²) in [6.45, 7) is 2.08. The molecule has 1 aliphatic rings. The standard InChI is InChI=1S/C21H18ClFN2O2S/c22-15-5-1-13(2-6-15)17-18(21(26)25-9-11-27-12-10-25)20(24)28-19(17)14-3-7-16(23)8-4-14/h1-8H,9-12,24H2. The Balaban J connectivity index is 1.88. The van der Waals surface area contributed by atoms with E-state index in [2.05, 4.69) is 0 Å². The van der Waals surface area contributed by atoms with Gasteiger partial charge in [-0.05, 0) is 35.4 Å². The van der Waals surface area contributed by atoms with Crippen LogP contribution in [0.3, 0.4) is 0 Å². The molecule has 1 amide bonds. The molecule has 7 heteroatoms. The zero-order valence-corrected chi connectivity index (χ0v) is 16.5. The van der Waals surface area contributed by atoms with Crippen molar-refractivity contribution in [3.05, 3.63) is 64.9 Å². The highest BCUT2D eigenvalue weighted by Gasteiger charge is 2.28. The van der Waals surface area contributed by atoms with Crippen LogP contribution in [0.4, 0.5) is 9.39 Å². The van der Waals surface area contributed by atoms with Gasteiger partial charge in [-0.2, -0.15) is 0 Å². The molecule has 0 unspecified atom stereocenters. The van der Waals surface area contributed by atoms with E-state index >= 15 is 0 Å². The van der Waals surface area contributed by atoms with Gasteiger partial charge in [0.25, 0.3) is 5.91 Å². The lowest BCUT2D eigenvalue weighted by molar-refractivity contribution is 0.0304. The number of rotatable bonds is 3. The van der Waals surface area contributed by atoms with E-state index in [0.717, 1.165) is 21.6 Å². The van der Waals surface area contributed by atoms with Crippen LogP contribution in [0.5, 0.6) is 0 Å². The van der Waals surface area contributed by atoms with Crippen LogP contribution in [0.1, 0.15) is 10.4 Å². The van der Waals surface area contributed by atoms with Crippen molar-refractivity contribution in [1.82, 2.24) is 4.90 Å². The minimum atomic E-state index is -0.314. The average Bonchev–Trinajstić information content (AvgIpc) is 3.06. The van der Waals surface area contributed by atoms with E-state index < -0.39 is 0 Å². The summed E-state index contributed by atoms with van der Waals surface area (Å²) in [5.74, 6) is -0.429. The molecule has 144 valence electrons. The van der Waals surface area contributed by atoms with E-state index in [-0.39, 0.29) is 11.7 Å². The number of hydrogen-bond donors (Lipinski definition) is 1. The molecule has 0 bridgehead atoms. The highest BCUT2D eigenvalue weighted by molar-refractivity contribution is 7.20. The van der Waals surface area contributed by atoms with Crippen LogP contribution < -0.4 is 5.73 Å². The number of halogens is 2. The largest absolute Gasteiger partial charge is 0.390 e. The molecule has 1 saturated heterocycles. The highest BCUT2D eigenvalue weighted by Crippen LogP contribution is 2.45. The molecule has 1 aromatic heterocycles. The summed E-state index contributed by atoms with van der Waals surface area (Å²) >= 11 is 7.38. The highest BCUT2D eigenvalue weighted by atomic mass is 35.5. The number of ether oxygens (including phenoxy) is 1. The van der Waals surface area contributed by atoms with Crippen molar-refractivity contribution in [2.75, 3.05) is 32.0 Å². The van der Waals surface area contributed by atoms with Gasteiger partial charge in [0.05, 0.1) is 23.8 Å². The molecule has 28 heavy (non-hydrogen) atoms. The van der Waals surface area contributed by atoms with Gasteiger partial charge in [-0.15, -0.1) is 11.3 Å². The van der Waals surface area contributed by atoms with Crippen molar-refractivity contribution in [3.8, 4) is 21.6 Å². The molecule has 0 saturated carbocycles. The molecule has 1 aliphatic heterocycles. The number of thiophene rings is 1. The summed E-state index contributed by atoms with van der Waals surface area (Å²) in [4.78, 5) is 15.9. The molecule has 2 N–H and O–H groups in total. The number of nitrogen functional groups attached to an aromatic ring is 1. The fraction of sp³-hybridized carbons (Fsp3) is 0.190. The summed E-state index contributed by atoms with van der Waals surface area (Å²) in [7, 11) is 0. The maximum atomic E-state index is 13.4. The number of carbonyl (C=O) groups is 1. The zero-order chi connectivity index (χ0) is 19.7. The topological polar surface area (TPSA) is 55.6 Å². The maximum absolute atomic E-state index is 13.4. The second-order valence-corrected chi connectivity index (χ2v) is 7.95. The smallest absolute Gasteiger partial charge is 0.257 e. The van der Waals surface area contributed by atoms with E-state index in [1.807, 2.05) is 12.1 Å². The number of anilines is 1. The minimum absolute atomic E-state index is 0.115. The minimum Gasteiger partial charge on any atom is -0.390 e. The third-order valence-electron chi connectivity index (χ3n) is 4.69. The second-order valence-electron chi connectivity index (χ2n) is 6.46. The van der Waals surface area contributed by atoms with Crippen molar-refractivity contribution < 1.29 is 13.9 Å². The molecule has 4 rings (SSSR count). The molecular formula is C21H18ClFN2O2S. The molecule has 0 aliphatic carbocycles. The van der Waals surface area contributed by atoms with E-state index in [0.29, 0.717) is 41.9 Å². The quantitative estimate of drug-likeness (QED) is 0.658.